The molecule has 0 aromatic heterocycles. The molecule has 2 atom stereocenters. The number of unbranched alkanes of at least 4 members (excludes halogenated alkanes) is 1. The van der Waals surface area contributed by atoms with E-state index in [0.29, 0.717) is 9.80 Å². The number of nitrogens with zero attached hydrogens (tertiary/aromatic N) is 2. The van der Waals surface area contributed by atoms with Gasteiger partial charge in [0.15, 0.2) is 0 Å². The zero-order chi connectivity index (χ0) is 32.1. The van der Waals surface area contributed by atoms with Crippen LogP contribution in [0.2, 0.25) is 0 Å². The second-order valence-corrected chi connectivity index (χ2v) is 9.21. The van der Waals surface area contributed by atoms with Crippen LogP contribution in [-0.2, 0) is 47.9 Å². The van der Waals surface area contributed by atoms with E-state index in [1.165, 1.54) is 0 Å². The van der Waals surface area contributed by atoms with E-state index in [-0.39, 0.29) is 45.2 Å². The smallest absolute Gasteiger partial charge is 0.303 e. The number of aliphatic carboxylic acids is 2. The topological polar surface area (TPSA) is 266 Å². The fraction of sp³-hybridized carbons (Fsp3) is 0.440. The average molecular weight is 607 g/mol. The van der Waals surface area contributed by atoms with Gasteiger partial charge < -0.3 is 31.5 Å². The summed E-state index contributed by atoms with van der Waals surface area (Å²) < 4.78 is 0. The minimum Gasteiger partial charge on any atom is -0.481 e. The molecule has 43 heavy (non-hydrogen) atoms. The lowest BCUT2D eigenvalue weighted by Crippen LogP contribution is -2.65. The van der Waals surface area contributed by atoms with Crippen LogP contribution in [0.5, 0.6) is 0 Å². The summed E-state index contributed by atoms with van der Waals surface area (Å²) >= 11 is 0. The van der Waals surface area contributed by atoms with Crippen molar-refractivity contribution in [3.05, 3.63) is 24.3 Å². The second kappa shape index (κ2) is 16.1. The molecule has 2 heterocycles. The van der Waals surface area contributed by atoms with Crippen molar-refractivity contribution in [2.75, 3.05) is 26.2 Å². The summed E-state index contributed by atoms with van der Waals surface area (Å²) in [5.41, 5.74) is 0. The summed E-state index contributed by atoms with van der Waals surface area (Å²) in [5.74, 6) is -9.71. The van der Waals surface area contributed by atoms with E-state index in [0.717, 1.165) is 24.3 Å². The summed E-state index contributed by atoms with van der Waals surface area (Å²) in [5, 5.41) is 26.7. The zero-order valence-electron chi connectivity index (χ0n) is 22.7. The van der Waals surface area contributed by atoms with Crippen molar-refractivity contribution >= 4 is 59.2 Å². The van der Waals surface area contributed by atoms with Crippen LogP contribution in [0.15, 0.2) is 24.3 Å². The Balaban J connectivity index is 2.27. The van der Waals surface area contributed by atoms with Crippen LogP contribution in [0.3, 0.4) is 0 Å². The lowest BCUT2D eigenvalue weighted by atomic mass is 10.1. The maximum atomic E-state index is 13.2. The van der Waals surface area contributed by atoms with E-state index in [9.17, 15) is 47.9 Å². The minimum absolute atomic E-state index is 0.0385. The Morgan fingerprint density at radius 1 is 0.581 bits per heavy atom. The summed E-state index contributed by atoms with van der Waals surface area (Å²) in [6.45, 7) is -2.02. The van der Waals surface area contributed by atoms with Gasteiger partial charge in [0.05, 0.1) is 0 Å². The van der Waals surface area contributed by atoms with E-state index in [2.05, 4.69) is 21.3 Å². The van der Waals surface area contributed by atoms with Crippen LogP contribution < -0.4 is 21.3 Å². The number of nitrogens with one attached hydrogen (secondary N) is 4. The summed E-state index contributed by atoms with van der Waals surface area (Å²) in [6.07, 6.45) is 3.47. The van der Waals surface area contributed by atoms with Crippen LogP contribution >= 0.6 is 0 Å². The number of carbonyl (C=O) groups is 10. The number of hydrogen-bond donors (Lipinski definition) is 6. The standard InChI is InChI=1S/C25H30N6O12/c32-14(12-30-16(34)6-7-17(30)35)28-22(24(42)26-10-2-1-4-20(38)39)23(25(43)27-11-3-5-21(40)41)29-15(33)13-31-18(36)8-9-19(31)37/h6-9,22-23H,1-5,10-13H2,(H,26,42)(H,27,43)(H,28,32)(H,29,33)(H,38,39)(H,40,41)/t22-,23+/m1/s1. The molecule has 0 unspecified atom stereocenters. The highest BCUT2D eigenvalue weighted by Gasteiger charge is 2.38. The fourth-order valence-corrected chi connectivity index (χ4v) is 3.78. The number of rotatable bonds is 18. The van der Waals surface area contributed by atoms with Gasteiger partial charge in [0.1, 0.15) is 25.2 Å². The Labute approximate surface area is 243 Å². The van der Waals surface area contributed by atoms with Crippen molar-refractivity contribution in [3.8, 4) is 0 Å². The third-order valence-electron chi connectivity index (χ3n) is 5.92. The molecule has 18 nitrogen and oxygen atoms in total. The van der Waals surface area contributed by atoms with Crippen LogP contribution in [0, 0.1) is 0 Å². The lowest BCUT2D eigenvalue weighted by molar-refractivity contribution is -0.143. The third kappa shape index (κ3) is 10.8. The molecule has 0 saturated carbocycles. The normalized spacial score (nSPS) is 15.3. The number of amides is 8. The molecule has 232 valence electrons. The molecule has 0 fully saturated rings. The Morgan fingerprint density at radius 3 is 1.30 bits per heavy atom. The van der Waals surface area contributed by atoms with Gasteiger partial charge in [0, 0.05) is 50.2 Å². The van der Waals surface area contributed by atoms with Crippen LogP contribution in [0.4, 0.5) is 0 Å². The fourth-order valence-electron chi connectivity index (χ4n) is 3.78. The lowest BCUT2D eigenvalue weighted by Gasteiger charge is -2.28. The van der Waals surface area contributed by atoms with Gasteiger partial charge in [-0.3, -0.25) is 57.7 Å². The zero-order valence-corrected chi connectivity index (χ0v) is 22.7. The maximum absolute atomic E-state index is 13.2. The highest BCUT2D eigenvalue weighted by atomic mass is 16.4. The summed E-state index contributed by atoms with van der Waals surface area (Å²) in [7, 11) is 0. The van der Waals surface area contributed by atoms with Gasteiger partial charge in [-0.1, -0.05) is 0 Å². The molecule has 0 spiro atoms. The maximum Gasteiger partial charge on any atom is 0.303 e. The largest absolute Gasteiger partial charge is 0.481 e. The van der Waals surface area contributed by atoms with Gasteiger partial charge in [-0.15, -0.1) is 0 Å². The summed E-state index contributed by atoms with van der Waals surface area (Å²) in [6, 6.07) is -3.79. The van der Waals surface area contributed by atoms with Crippen LogP contribution in [0.25, 0.3) is 0 Å². The highest BCUT2D eigenvalue weighted by Crippen LogP contribution is 2.06. The van der Waals surface area contributed by atoms with Crippen molar-refractivity contribution in [3.63, 3.8) is 0 Å². The van der Waals surface area contributed by atoms with Crippen molar-refractivity contribution in [2.24, 2.45) is 0 Å². The number of carboxylic acid groups (broad SMARTS) is 2. The Kier molecular flexibility index (Phi) is 12.7. The second-order valence-electron chi connectivity index (χ2n) is 9.21. The molecule has 0 aliphatic carbocycles. The van der Waals surface area contributed by atoms with Crippen molar-refractivity contribution < 1.29 is 58.2 Å². The molecular formula is C25H30N6O12. The first-order chi connectivity index (χ1) is 20.3. The van der Waals surface area contributed by atoms with Gasteiger partial charge in [-0.05, 0) is 19.3 Å². The predicted molar refractivity (Wildman–Crippen MR) is 140 cm³/mol. The molecule has 0 aromatic carbocycles. The molecule has 2 aliphatic heterocycles. The molecule has 0 aromatic rings. The monoisotopic (exact) mass is 606 g/mol. The van der Waals surface area contributed by atoms with Crippen molar-refractivity contribution in [1.29, 1.82) is 0 Å². The number of carboxylic acids is 2. The molecule has 0 bridgehead atoms. The third-order valence-corrected chi connectivity index (χ3v) is 5.92. The van der Waals surface area contributed by atoms with Gasteiger partial charge in [0.25, 0.3) is 23.6 Å². The van der Waals surface area contributed by atoms with Crippen LogP contribution in [-0.4, -0.2) is 117 Å². The van der Waals surface area contributed by atoms with Gasteiger partial charge in [-0.2, -0.15) is 0 Å². The average Bonchev–Trinajstić information content (AvgIpc) is 3.42. The first kappa shape index (κ1) is 33.8. The van der Waals surface area contributed by atoms with Crippen LogP contribution in [0.1, 0.15) is 32.1 Å². The molecule has 8 amide bonds. The Bertz CT molecular complexity index is 1220. The number of carbonyl (C=O) groups excluding carboxylic acids is 8. The van der Waals surface area contributed by atoms with Crippen molar-refractivity contribution in [1.82, 2.24) is 31.1 Å². The highest BCUT2D eigenvalue weighted by molar-refractivity contribution is 6.15. The molecule has 2 rings (SSSR count). The summed E-state index contributed by atoms with van der Waals surface area (Å²) in [4.78, 5) is 122. The van der Waals surface area contributed by atoms with Gasteiger partial charge in [0.2, 0.25) is 23.6 Å². The first-order valence-electron chi connectivity index (χ1n) is 12.9. The molecule has 0 saturated heterocycles. The molecule has 6 N–H and O–H groups in total. The molecular weight excluding hydrogens is 576 g/mol. The SMILES string of the molecule is O=C(O)CCCCNC(=O)[C@H](NC(=O)CN1C(=O)C=CC1=O)[C@H](NC(=O)CN1C(=O)C=CC1=O)C(=O)NCCCC(=O)O. The number of hydrogen-bond acceptors (Lipinski definition) is 10. The molecule has 0 radical (unpaired) electrons. The number of imide groups is 2. The predicted octanol–water partition coefficient (Wildman–Crippen LogP) is -3.84. The molecule has 18 heteroatoms. The van der Waals surface area contributed by atoms with Gasteiger partial charge >= 0.3 is 11.9 Å². The Hall–Kier alpha value is -5.42. The Morgan fingerprint density at radius 2 is 0.930 bits per heavy atom. The van der Waals surface area contributed by atoms with E-state index in [4.69, 9.17) is 10.2 Å². The van der Waals surface area contributed by atoms with E-state index in [1.807, 2.05) is 0 Å². The molecule has 2 aliphatic rings. The first-order valence-corrected chi connectivity index (χ1v) is 12.9. The van der Waals surface area contributed by atoms with E-state index in [1.54, 1.807) is 0 Å². The minimum atomic E-state index is -1.90. The van der Waals surface area contributed by atoms with Gasteiger partial charge in [-0.25, -0.2) is 0 Å². The van der Waals surface area contributed by atoms with Crippen molar-refractivity contribution in [2.45, 2.75) is 44.2 Å². The van der Waals surface area contributed by atoms with E-state index >= 15 is 0 Å². The quantitative estimate of drug-likeness (QED) is 0.0647. The van der Waals surface area contributed by atoms with E-state index < -0.39 is 84.4 Å².